The standard InChI is InChI=1S/C18H25ClN2O/c1-13-14(2)21(18-16(13)7-6-8-17(18)19)12-15(22)11-20-9-4-3-5-10-20/h6-8,15,22H,3-5,9-12H2,1-2H3/t15-/m0/s1. The van der Waals surface area contributed by atoms with Crippen LogP contribution in [0.4, 0.5) is 0 Å². The van der Waals surface area contributed by atoms with Gasteiger partial charge in [-0.05, 0) is 51.4 Å². The fourth-order valence-corrected chi connectivity index (χ4v) is 3.87. The second-order valence-corrected chi connectivity index (χ2v) is 6.88. The van der Waals surface area contributed by atoms with Crippen LogP contribution in [0.5, 0.6) is 0 Å². The maximum absolute atomic E-state index is 10.5. The van der Waals surface area contributed by atoms with Gasteiger partial charge < -0.3 is 14.6 Å². The Balaban J connectivity index is 1.82. The molecule has 0 aliphatic carbocycles. The molecule has 120 valence electrons. The third-order valence-electron chi connectivity index (χ3n) is 4.92. The van der Waals surface area contributed by atoms with E-state index in [0.717, 1.165) is 30.2 Å². The van der Waals surface area contributed by atoms with Crippen molar-refractivity contribution in [1.82, 2.24) is 9.47 Å². The van der Waals surface area contributed by atoms with Crippen molar-refractivity contribution < 1.29 is 5.11 Å². The molecule has 1 N–H and O–H groups in total. The number of rotatable bonds is 4. The molecular weight excluding hydrogens is 296 g/mol. The number of hydrogen-bond donors (Lipinski definition) is 1. The van der Waals surface area contributed by atoms with Crippen molar-refractivity contribution in [2.75, 3.05) is 19.6 Å². The molecule has 1 fully saturated rings. The van der Waals surface area contributed by atoms with Gasteiger partial charge in [-0.3, -0.25) is 0 Å². The Labute approximate surface area is 137 Å². The Morgan fingerprint density at radius 1 is 1.14 bits per heavy atom. The quantitative estimate of drug-likeness (QED) is 0.929. The molecule has 1 aromatic heterocycles. The van der Waals surface area contributed by atoms with Crippen LogP contribution < -0.4 is 0 Å². The highest BCUT2D eigenvalue weighted by Crippen LogP contribution is 2.30. The summed E-state index contributed by atoms with van der Waals surface area (Å²) in [5.74, 6) is 0. The lowest BCUT2D eigenvalue weighted by Gasteiger charge is -2.29. The molecule has 1 aliphatic rings. The van der Waals surface area contributed by atoms with Crippen molar-refractivity contribution in [3.63, 3.8) is 0 Å². The smallest absolute Gasteiger partial charge is 0.0845 e. The molecule has 2 aromatic rings. The van der Waals surface area contributed by atoms with Crippen LogP contribution in [-0.2, 0) is 6.54 Å². The zero-order chi connectivity index (χ0) is 15.7. The second-order valence-electron chi connectivity index (χ2n) is 6.47. The fraction of sp³-hybridized carbons (Fsp3) is 0.556. The minimum Gasteiger partial charge on any atom is -0.390 e. The Morgan fingerprint density at radius 3 is 2.59 bits per heavy atom. The summed E-state index contributed by atoms with van der Waals surface area (Å²) in [6.07, 6.45) is 3.47. The van der Waals surface area contributed by atoms with Gasteiger partial charge >= 0.3 is 0 Å². The second kappa shape index (κ2) is 6.61. The van der Waals surface area contributed by atoms with Crippen LogP contribution in [-0.4, -0.2) is 40.3 Å². The number of para-hydroxylation sites is 1. The maximum atomic E-state index is 10.5. The molecule has 22 heavy (non-hydrogen) atoms. The van der Waals surface area contributed by atoms with Crippen LogP contribution >= 0.6 is 11.6 Å². The van der Waals surface area contributed by atoms with Crippen molar-refractivity contribution in [2.45, 2.75) is 45.8 Å². The summed E-state index contributed by atoms with van der Waals surface area (Å²) in [5, 5.41) is 12.5. The Kier molecular flexibility index (Phi) is 4.76. The van der Waals surface area contributed by atoms with Crippen LogP contribution in [0.2, 0.25) is 5.02 Å². The number of fused-ring (bicyclic) bond motifs is 1. The highest BCUT2D eigenvalue weighted by molar-refractivity contribution is 6.35. The largest absolute Gasteiger partial charge is 0.390 e. The molecule has 0 amide bonds. The van der Waals surface area contributed by atoms with Gasteiger partial charge in [0.2, 0.25) is 0 Å². The van der Waals surface area contributed by atoms with Gasteiger partial charge in [0.05, 0.1) is 23.2 Å². The first-order valence-electron chi connectivity index (χ1n) is 8.22. The highest BCUT2D eigenvalue weighted by Gasteiger charge is 2.19. The zero-order valence-corrected chi connectivity index (χ0v) is 14.2. The van der Waals surface area contributed by atoms with Crippen LogP contribution in [0.15, 0.2) is 18.2 Å². The molecule has 0 bridgehead atoms. The monoisotopic (exact) mass is 320 g/mol. The minimum atomic E-state index is -0.358. The van der Waals surface area contributed by atoms with Gasteiger partial charge in [-0.25, -0.2) is 0 Å². The van der Waals surface area contributed by atoms with Crippen molar-refractivity contribution in [2.24, 2.45) is 0 Å². The number of halogens is 1. The number of aliphatic hydroxyl groups is 1. The number of likely N-dealkylation sites (tertiary alicyclic amines) is 1. The number of aliphatic hydroxyl groups excluding tert-OH is 1. The predicted octanol–water partition coefficient (Wildman–Crippen LogP) is 3.76. The van der Waals surface area contributed by atoms with Crippen LogP contribution in [0.25, 0.3) is 10.9 Å². The van der Waals surface area contributed by atoms with Crippen LogP contribution in [0.3, 0.4) is 0 Å². The summed E-state index contributed by atoms with van der Waals surface area (Å²) in [7, 11) is 0. The summed E-state index contributed by atoms with van der Waals surface area (Å²) < 4.78 is 2.18. The molecular formula is C18H25ClN2O. The first-order valence-corrected chi connectivity index (χ1v) is 8.60. The Bertz CT molecular complexity index is 659. The third kappa shape index (κ3) is 3.03. The normalized spacial score (nSPS) is 18.0. The van der Waals surface area contributed by atoms with E-state index < -0.39 is 0 Å². The van der Waals surface area contributed by atoms with E-state index in [2.05, 4.69) is 29.4 Å². The van der Waals surface area contributed by atoms with Crippen molar-refractivity contribution >= 4 is 22.5 Å². The Hall–Kier alpha value is -1.03. The average Bonchev–Trinajstić information content (AvgIpc) is 2.75. The molecule has 1 atom stereocenters. The first kappa shape index (κ1) is 15.9. The summed E-state index contributed by atoms with van der Waals surface area (Å²) in [6.45, 7) is 7.82. The lowest BCUT2D eigenvalue weighted by Crippen LogP contribution is -2.38. The fourth-order valence-electron chi connectivity index (χ4n) is 3.59. The van der Waals surface area contributed by atoms with E-state index in [9.17, 15) is 5.11 Å². The molecule has 4 heteroatoms. The molecule has 1 aliphatic heterocycles. The van der Waals surface area contributed by atoms with Gasteiger partial charge in [0.15, 0.2) is 0 Å². The number of hydrogen-bond acceptors (Lipinski definition) is 2. The van der Waals surface area contributed by atoms with Crippen molar-refractivity contribution in [3.05, 3.63) is 34.5 Å². The summed E-state index contributed by atoms with van der Waals surface area (Å²) >= 11 is 6.41. The van der Waals surface area contributed by atoms with E-state index >= 15 is 0 Å². The molecule has 2 heterocycles. The van der Waals surface area contributed by atoms with E-state index in [-0.39, 0.29) is 6.10 Å². The SMILES string of the molecule is Cc1c(C)n(C[C@@H](O)CN2CCCCC2)c2c(Cl)cccc12. The van der Waals surface area contributed by atoms with Gasteiger partial charge in [0.1, 0.15) is 0 Å². The molecule has 3 rings (SSSR count). The van der Waals surface area contributed by atoms with E-state index in [0.29, 0.717) is 6.54 Å². The number of piperidine rings is 1. The molecule has 0 saturated carbocycles. The van der Waals surface area contributed by atoms with Crippen molar-refractivity contribution in [3.8, 4) is 0 Å². The van der Waals surface area contributed by atoms with E-state index in [4.69, 9.17) is 11.6 Å². The summed E-state index contributed by atoms with van der Waals surface area (Å²) in [5.41, 5.74) is 3.50. The number of β-amino-alcohol motifs (C(OH)–C–C–N with tert-alkyl or cyclic N) is 1. The average molecular weight is 321 g/mol. The minimum absolute atomic E-state index is 0.358. The number of nitrogens with zero attached hydrogens (tertiary/aromatic N) is 2. The van der Waals surface area contributed by atoms with Gasteiger partial charge in [-0.15, -0.1) is 0 Å². The molecule has 1 aromatic carbocycles. The Morgan fingerprint density at radius 2 is 1.86 bits per heavy atom. The molecule has 0 spiro atoms. The highest BCUT2D eigenvalue weighted by atomic mass is 35.5. The van der Waals surface area contributed by atoms with Gasteiger partial charge in [-0.2, -0.15) is 0 Å². The topological polar surface area (TPSA) is 28.4 Å². The van der Waals surface area contributed by atoms with Gasteiger partial charge in [-0.1, -0.05) is 30.2 Å². The van der Waals surface area contributed by atoms with Gasteiger partial charge in [0, 0.05) is 17.6 Å². The zero-order valence-electron chi connectivity index (χ0n) is 13.5. The van der Waals surface area contributed by atoms with Crippen LogP contribution in [0.1, 0.15) is 30.5 Å². The van der Waals surface area contributed by atoms with Crippen molar-refractivity contribution in [1.29, 1.82) is 0 Å². The van der Waals surface area contributed by atoms with E-state index in [1.807, 2.05) is 12.1 Å². The van der Waals surface area contributed by atoms with Crippen LogP contribution in [0, 0.1) is 13.8 Å². The molecule has 0 radical (unpaired) electrons. The lowest BCUT2D eigenvalue weighted by atomic mass is 10.1. The van der Waals surface area contributed by atoms with E-state index in [1.165, 1.54) is 35.9 Å². The predicted molar refractivity (Wildman–Crippen MR) is 92.7 cm³/mol. The third-order valence-corrected chi connectivity index (χ3v) is 5.22. The summed E-state index contributed by atoms with van der Waals surface area (Å²) in [6, 6.07) is 6.03. The van der Waals surface area contributed by atoms with E-state index in [1.54, 1.807) is 0 Å². The summed E-state index contributed by atoms with van der Waals surface area (Å²) in [4.78, 5) is 2.38. The number of aryl methyl sites for hydroxylation is 1. The molecule has 1 saturated heterocycles. The maximum Gasteiger partial charge on any atom is 0.0845 e. The molecule has 3 nitrogen and oxygen atoms in total. The lowest BCUT2D eigenvalue weighted by molar-refractivity contribution is 0.0888. The number of aromatic nitrogens is 1. The number of benzene rings is 1. The van der Waals surface area contributed by atoms with Gasteiger partial charge in [0.25, 0.3) is 0 Å². The molecule has 0 unspecified atom stereocenters. The first-order chi connectivity index (χ1) is 10.6.